The third-order valence-corrected chi connectivity index (χ3v) is 5.31. The molecule has 1 fully saturated rings. The third-order valence-electron chi connectivity index (χ3n) is 4.37. The van der Waals surface area contributed by atoms with Gasteiger partial charge in [-0.05, 0) is 36.5 Å². The predicted molar refractivity (Wildman–Crippen MR) is 99.1 cm³/mol. The fourth-order valence-corrected chi connectivity index (χ4v) is 3.77. The first-order chi connectivity index (χ1) is 12.3. The number of amides is 1. The normalized spacial score (nSPS) is 14.9. The number of thiazole rings is 1. The Morgan fingerprint density at radius 1 is 1.20 bits per heavy atom. The van der Waals surface area contributed by atoms with Crippen molar-refractivity contribution in [3.63, 3.8) is 0 Å². The van der Waals surface area contributed by atoms with Crippen LogP contribution in [0.4, 0.5) is 0 Å². The minimum absolute atomic E-state index is 0.0313. The lowest BCUT2D eigenvalue weighted by molar-refractivity contribution is -0.121. The lowest BCUT2D eigenvalue weighted by Crippen LogP contribution is -2.31. The fourth-order valence-electron chi connectivity index (χ4n) is 2.96. The summed E-state index contributed by atoms with van der Waals surface area (Å²) in [5, 5.41) is 6.06. The number of rotatable bonds is 6. The zero-order valence-electron chi connectivity index (χ0n) is 13.8. The molecule has 0 aliphatic heterocycles. The molecule has 0 spiro atoms. The Labute approximate surface area is 151 Å². The fraction of sp³-hybridized carbons (Fsp3) is 0.250. The van der Waals surface area contributed by atoms with Gasteiger partial charge in [-0.15, -0.1) is 11.3 Å². The van der Waals surface area contributed by atoms with Gasteiger partial charge in [0.15, 0.2) is 0 Å². The van der Waals surface area contributed by atoms with Crippen LogP contribution in [0.1, 0.15) is 30.1 Å². The van der Waals surface area contributed by atoms with Crippen molar-refractivity contribution in [2.45, 2.75) is 25.3 Å². The molecular formula is C20H19N3OS. The molecule has 0 saturated heterocycles. The van der Waals surface area contributed by atoms with E-state index in [1.807, 2.05) is 35.7 Å². The number of hydrogen-bond acceptors (Lipinski definition) is 4. The summed E-state index contributed by atoms with van der Waals surface area (Å²) in [6.45, 7) is 0. The van der Waals surface area contributed by atoms with E-state index in [-0.39, 0.29) is 11.9 Å². The van der Waals surface area contributed by atoms with E-state index in [1.54, 1.807) is 23.7 Å². The maximum atomic E-state index is 12.5. The van der Waals surface area contributed by atoms with E-state index in [4.69, 9.17) is 0 Å². The first-order valence-electron chi connectivity index (χ1n) is 8.49. The maximum Gasteiger partial charge on any atom is 0.226 e. The monoisotopic (exact) mass is 349 g/mol. The summed E-state index contributed by atoms with van der Waals surface area (Å²) in [6, 6.07) is 14.2. The number of aromatic nitrogens is 2. The van der Waals surface area contributed by atoms with Crippen LogP contribution < -0.4 is 5.32 Å². The zero-order chi connectivity index (χ0) is 17.1. The SMILES string of the molecule is O=C(Cc1csc(-c2cccnc2)n1)N[C@@H](c1ccccc1)C1CC1. The molecule has 2 heterocycles. The number of carbonyl (C=O) groups excluding carboxylic acids is 1. The number of carbonyl (C=O) groups is 1. The van der Waals surface area contributed by atoms with Gasteiger partial charge in [0.05, 0.1) is 18.2 Å². The highest BCUT2D eigenvalue weighted by Crippen LogP contribution is 2.41. The number of benzene rings is 1. The first kappa shape index (κ1) is 16.0. The van der Waals surface area contributed by atoms with Crippen molar-refractivity contribution in [3.8, 4) is 10.6 Å². The molecule has 126 valence electrons. The Balaban J connectivity index is 1.43. The topological polar surface area (TPSA) is 54.9 Å². The van der Waals surface area contributed by atoms with E-state index in [0.29, 0.717) is 12.3 Å². The number of nitrogens with zero attached hydrogens (tertiary/aromatic N) is 2. The van der Waals surface area contributed by atoms with Crippen molar-refractivity contribution >= 4 is 17.2 Å². The molecule has 1 aliphatic rings. The molecule has 1 amide bonds. The molecule has 5 heteroatoms. The van der Waals surface area contributed by atoms with Crippen molar-refractivity contribution in [1.29, 1.82) is 0 Å². The molecule has 0 radical (unpaired) electrons. The van der Waals surface area contributed by atoms with E-state index in [2.05, 4.69) is 27.4 Å². The Morgan fingerprint density at radius 3 is 2.76 bits per heavy atom. The quantitative estimate of drug-likeness (QED) is 0.731. The molecule has 4 nitrogen and oxygen atoms in total. The predicted octanol–water partition coefficient (Wildman–Crippen LogP) is 4.02. The minimum atomic E-state index is 0.0313. The van der Waals surface area contributed by atoms with Crippen LogP contribution in [0.15, 0.2) is 60.2 Å². The highest BCUT2D eigenvalue weighted by molar-refractivity contribution is 7.13. The van der Waals surface area contributed by atoms with Gasteiger partial charge in [-0.1, -0.05) is 30.3 Å². The molecule has 2 aromatic heterocycles. The molecule has 25 heavy (non-hydrogen) atoms. The van der Waals surface area contributed by atoms with Gasteiger partial charge in [-0.25, -0.2) is 4.98 Å². The maximum absolute atomic E-state index is 12.5. The molecule has 1 atom stereocenters. The van der Waals surface area contributed by atoms with Gasteiger partial charge in [-0.3, -0.25) is 9.78 Å². The average Bonchev–Trinajstić information content (AvgIpc) is 3.40. The van der Waals surface area contributed by atoms with Crippen molar-refractivity contribution < 1.29 is 4.79 Å². The van der Waals surface area contributed by atoms with Crippen LogP contribution in [0.3, 0.4) is 0 Å². The lowest BCUT2D eigenvalue weighted by Gasteiger charge is -2.18. The number of hydrogen-bond donors (Lipinski definition) is 1. The highest BCUT2D eigenvalue weighted by Gasteiger charge is 2.33. The van der Waals surface area contributed by atoms with E-state index >= 15 is 0 Å². The molecule has 1 N–H and O–H groups in total. The largest absolute Gasteiger partial charge is 0.349 e. The number of nitrogens with one attached hydrogen (secondary N) is 1. The summed E-state index contributed by atoms with van der Waals surface area (Å²) < 4.78 is 0. The molecule has 3 aromatic rings. The number of pyridine rings is 1. The van der Waals surface area contributed by atoms with Crippen molar-refractivity contribution in [2.24, 2.45) is 5.92 Å². The zero-order valence-corrected chi connectivity index (χ0v) is 14.6. The summed E-state index contributed by atoms with van der Waals surface area (Å²) in [7, 11) is 0. The Kier molecular flexibility index (Phi) is 4.57. The summed E-state index contributed by atoms with van der Waals surface area (Å²) in [4.78, 5) is 21.2. The van der Waals surface area contributed by atoms with Gasteiger partial charge < -0.3 is 5.32 Å². The second kappa shape index (κ2) is 7.15. The molecule has 1 saturated carbocycles. The molecule has 1 aromatic carbocycles. The summed E-state index contributed by atoms with van der Waals surface area (Å²) in [5.74, 6) is 0.594. The summed E-state index contributed by atoms with van der Waals surface area (Å²) >= 11 is 1.55. The van der Waals surface area contributed by atoms with Gasteiger partial charge in [0.1, 0.15) is 5.01 Å². The van der Waals surface area contributed by atoms with Crippen molar-refractivity contribution in [1.82, 2.24) is 15.3 Å². The van der Waals surface area contributed by atoms with Crippen LogP contribution in [0.5, 0.6) is 0 Å². The van der Waals surface area contributed by atoms with Gasteiger partial charge in [0, 0.05) is 23.3 Å². The first-order valence-corrected chi connectivity index (χ1v) is 9.36. The van der Waals surface area contributed by atoms with E-state index in [1.165, 1.54) is 18.4 Å². The Morgan fingerprint density at radius 2 is 2.04 bits per heavy atom. The van der Waals surface area contributed by atoms with Crippen LogP contribution in [0, 0.1) is 5.92 Å². The van der Waals surface area contributed by atoms with Gasteiger partial charge in [-0.2, -0.15) is 0 Å². The van der Waals surface area contributed by atoms with Gasteiger partial charge in [0.25, 0.3) is 0 Å². The van der Waals surface area contributed by atoms with Crippen molar-refractivity contribution in [2.75, 3.05) is 0 Å². The lowest BCUT2D eigenvalue weighted by atomic mass is 10.0. The smallest absolute Gasteiger partial charge is 0.226 e. The minimum Gasteiger partial charge on any atom is -0.349 e. The molecule has 0 unspecified atom stereocenters. The molecule has 1 aliphatic carbocycles. The van der Waals surface area contributed by atoms with E-state index in [0.717, 1.165) is 16.3 Å². The average molecular weight is 349 g/mol. The van der Waals surface area contributed by atoms with E-state index in [9.17, 15) is 4.79 Å². The molecule has 4 rings (SSSR count). The van der Waals surface area contributed by atoms with Crippen LogP contribution in [0.25, 0.3) is 10.6 Å². The molecule has 0 bridgehead atoms. The van der Waals surface area contributed by atoms with Crippen LogP contribution in [0.2, 0.25) is 0 Å². The van der Waals surface area contributed by atoms with Crippen LogP contribution in [-0.4, -0.2) is 15.9 Å². The Bertz CT molecular complexity index is 844. The standard InChI is InChI=1S/C20H19N3OS/c24-18(23-19(15-8-9-15)14-5-2-1-3-6-14)11-17-13-25-20(22-17)16-7-4-10-21-12-16/h1-7,10,12-13,15,19H,8-9,11H2,(H,23,24)/t19-/m0/s1. The summed E-state index contributed by atoms with van der Waals surface area (Å²) in [6.07, 6.45) is 6.21. The summed E-state index contributed by atoms with van der Waals surface area (Å²) in [5.41, 5.74) is 2.98. The van der Waals surface area contributed by atoms with E-state index < -0.39 is 0 Å². The second-order valence-corrected chi connectivity index (χ2v) is 7.21. The highest BCUT2D eigenvalue weighted by atomic mass is 32.1. The second-order valence-electron chi connectivity index (χ2n) is 6.36. The van der Waals surface area contributed by atoms with Crippen LogP contribution in [-0.2, 0) is 11.2 Å². The van der Waals surface area contributed by atoms with Gasteiger partial charge >= 0.3 is 0 Å². The molecular weight excluding hydrogens is 330 g/mol. The Hall–Kier alpha value is -2.53. The van der Waals surface area contributed by atoms with Gasteiger partial charge in [0.2, 0.25) is 5.91 Å². The third kappa shape index (κ3) is 3.94. The van der Waals surface area contributed by atoms with Crippen LogP contribution >= 0.6 is 11.3 Å². The van der Waals surface area contributed by atoms with Crippen molar-refractivity contribution in [3.05, 3.63) is 71.5 Å².